The zero-order chi connectivity index (χ0) is 15.7. The van der Waals surface area contributed by atoms with Crippen LogP contribution in [-0.4, -0.2) is 18.2 Å². The third-order valence-corrected chi connectivity index (χ3v) is 4.40. The molecule has 23 heavy (non-hydrogen) atoms. The number of hydrogen-bond donors (Lipinski definition) is 0. The molecule has 0 atom stereocenters. The first-order valence-corrected chi connectivity index (χ1v) is 7.93. The van der Waals surface area contributed by atoms with Crippen molar-refractivity contribution in [1.82, 2.24) is 4.98 Å². The van der Waals surface area contributed by atoms with Crippen LogP contribution in [0.5, 0.6) is 0 Å². The molecule has 1 aliphatic rings. The molecular formula is C20H19NO2. The van der Waals surface area contributed by atoms with E-state index in [1.165, 1.54) is 21.9 Å². The van der Waals surface area contributed by atoms with Gasteiger partial charge in [-0.05, 0) is 47.4 Å². The fourth-order valence-corrected chi connectivity index (χ4v) is 3.11. The summed E-state index contributed by atoms with van der Waals surface area (Å²) in [7, 11) is 0. The average molecular weight is 305 g/mol. The van der Waals surface area contributed by atoms with Crippen LogP contribution in [0.4, 0.5) is 0 Å². The van der Waals surface area contributed by atoms with Crippen molar-refractivity contribution in [2.45, 2.75) is 19.1 Å². The number of hydrogen-bond acceptors (Lipinski definition) is 3. The van der Waals surface area contributed by atoms with Crippen molar-refractivity contribution in [3.8, 4) is 0 Å². The summed E-state index contributed by atoms with van der Waals surface area (Å²) in [4.78, 5) is 4.18. The van der Waals surface area contributed by atoms with Gasteiger partial charge >= 0.3 is 0 Å². The minimum absolute atomic E-state index is 0.609. The molecule has 0 amide bonds. The largest absolute Gasteiger partial charge is 0.344 e. The van der Waals surface area contributed by atoms with E-state index in [9.17, 15) is 0 Å². The van der Waals surface area contributed by atoms with E-state index in [-0.39, 0.29) is 0 Å². The van der Waals surface area contributed by atoms with E-state index in [4.69, 9.17) is 9.47 Å². The van der Waals surface area contributed by atoms with E-state index >= 15 is 0 Å². The van der Waals surface area contributed by atoms with Gasteiger partial charge in [-0.15, -0.1) is 0 Å². The van der Waals surface area contributed by atoms with Crippen molar-refractivity contribution in [3.63, 3.8) is 0 Å². The van der Waals surface area contributed by atoms with Gasteiger partial charge in [-0.3, -0.25) is 4.98 Å². The maximum Gasteiger partial charge on any atom is 0.192 e. The lowest BCUT2D eigenvalue weighted by atomic mass is 9.98. The number of rotatable bonds is 3. The molecule has 0 radical (unpaired) electrons. The molecular weight excluding hydrogens is 286 g/mol. The summed E-state index contributed by atoms with van der Waals surface area (Å²) >= 11 is 0. The Morgan fingerprint density at radius 3 is 2.52 bits per heavy atom. The third-order valence-electron chi connectivity index (χ3n) is 4.40. The Labute approximate surface area is 135 Å². The van der Waals surface area contributed by atoms with Crippen molar-refractivity contribution >= 4 is 10.8 Å². The molecule has 3 heteroatoms. The normalized spacial score (nSPS) is 16.7. The van der Waals surface area contributed by atoms with Crippen molar-refractivity contribution in [1.29, 1.82) is 0 Å². The van der Waals surface area contributed by atoms with Crippen molar-refractivity contribution in [2.24, 2.45) is 0 Å². The van der Waals surface area contributed by atoms with Crippen LogP contribution in [0.25, 0.3) is 10.8 Å². The number of pyridine rings is 1. The summed E-state index contributed by atoms with van der Waals surface area (Å²) in [5.41, 5.74) is 3.59. The molecule has 2 aromatic carbocycles. The van der Waals surface area contributed by atoms with Crippen LogP contribution in [0.2, 0.25) is 0 Å². The highest BCUT2D eigenvalue weighted by Crippen LogP contribution is 2.32. The van der Waals surface area contributed by atoms with E-state index in [0.29, 0.717) is 13.2 Å². The average Bonchev–Trinajstić information content (AvgIpc) is 3.03. The molecule has 0 bridgehead atoms. The number of fused-ring (bicyclic) bond motifs is 1. The van der Waals surface area contributed by atoms with Crippen LogP contribution in [0.3, 0.4) is 0 Å². The lowest BCUT2D eigenvalue weighted by Crippen LogP contribution is -2.22. The molecule has 0 aliphatic carbocycles. The highest BCUT2D eigenvalue weighted by atomic mass is 16.7. The molecule has 1 aliphatic heterocycles. The number of aromatic nitrogens is 1. The predicted molar refractivity (Wildman–Crippen MR) is 90.2 cm³/mol. The molecule has 1 fully saturated rings. The van der Waals surface area contributed by atoms with E-state index in [1.54, 1.807) is 6.20 Å². The summed E-state index contributed by atoms with van der Waals surface area (Å²) in [6, 6.07) is 17.1. The standard InChI is InChI=1S/C20H19NO2/c1-20(22-9-10-23-20)19-7-6-17-12-15(4-5-18(17)13-19)11-16-3-2-8-21-14-16/h2-8,12-14H,9-11H2,1H3. The molecule has 1 aromatic heterocycles. The van der Waals surface area contributed by atoms with Gasteiger partial charge in [0.25, 0.3) is 0 Å². The van der Waals surface area contributed by atoms with Crippen molar-refractivity contribution < 1.29 is 9.47 Å². The molecule has 4 rings (SSSR count). The monoisotopic (exact) mass is 305 g/mol. The van der Waals surface area contributed by atoms with Crippen molar-refractivity contribution in [2.75, 3.05) is 13.2 Å². The van der Waals surface area contributed by atoms with Gasteiger partial charge < -0.3 is 9.47 Å². The topological polar surface area (TPSA) is 31.4 Å². The Bertz CT molecular complexity index is 823. The summed E-state index contributed by atoms with van der Waals surface area (Å²) in [5, 5.41) is 2.44. The predicted octanol–water partition coefficient (Wildman–Crippen LogP) is 4.05. The van der Waals surface area contributed by atoms with E-state index in [1.807, 2.05) is 19.2 Å². The molecule has 3 nitrogen and oxygen atoms in total. The van der Waals surface area contributed by atoms with Crippen LogP contribution in [0, 0.1) is 0 Å². The van der Waals surface area contributed by atoms with Crippen LogP contribution < -0.4 is 0 Å². The Morgan fingerprint density at radius 1 is 0.957 bits per heavy atom. The highest BCUT2D eigenvalue weighted by molar-refractivity contribution is 5.84. The minimum atomic E-state index is -0.609. The second-order valence-corrected chi connectivity index (χ2v) is 6.08. The molecule has 0 spiro atoms. The molecule has 116 valence electrons. The Kier molecular flexibility index (Phi) is 3.60. The van der Waals surface area contributed by atoms with Crippen LogP contribution in [-0.2, 0) is 21.7 Å². The van der Waals surface area contributed by atoms with E-state index < -0.39 is 5.79 Å². The van der Waals surface area contributed by atoms with Crippen LogP contribution in [0.15, 0.2) is 60.9 Å². The van der Waals surface area contributed by atoms with Crippen molar-refractivity contribution in [3.05, 3.63) is 77.6 Å². The van der Waals surface area contributed by atoms with Gasteiger partial charge in [0.2, 0.25) is 0 Å². The van der Waals surface area contributed by atoms with Gasteiger partial charge in [-0.25, -0.2) is 0 Å². The fourth-order valence-electron chi connectivity index (χ4n) is 3.11. The summed E-state index contributed by atoms with van der Waals surface area (Å²) in [6.45, 7) is 3.29. The Balaban J connectivity index is 1.65. The minimum Gasteiger partial charge on any atom is -0.344 e. The molecule has 0 saturated carbocycles. The van der Waals surface area contributed by atoms with Gasteiger partial charge in [0, 0.05) is 18.0 Å². The first-order valence-electron chi connectivity index (χ1n) is 7.93. The van der Waals surface area contributed by atoms with Gasteiger partial charge in [0.05, 0.1) is 13.2 Å². The smallest absolute Gasteiger partial charge is 0.192 e. The molecule has 0 N–H and O–H groups in total. The Hall–Kier alpha value is -2.23. The third kappa shape index (κ3) is 2.85. The SMILES string of the molecule is CC1(c2ccc3cc(Cc4cccnc4)ccc3c2)OCCO1. The second-order valence-electron chi connectivity index (χ2n) is 6.08. The summed E-state index contributed by atoms with van der Waals surface area (Å²) < 4.78 is 11.5. The van der Waals surface area contributed by atoms with Gasteiger partial charge in [0.1, 0.15) is 0 Å². The van der Waals surface area contributed by atoms with Gasteiger partial charge in [-0.1, -0.05) is 36.4 Å². The fraction of sp³-hybridized carbons (Fsp3) is 0.250. The quantitative estimate of drug-likeness (QED) is 0.731. The maximum absolute atomic E-state index is 5.75. The first kappa shape index (κ1) is 14.4. The molecule has 1 saturated heterocycles. The van der Waals surface area contributed by atoms with Crippen LogP contribution >= 0.6 is 0 Å². The summed E-state index contributed by atoms with van der Waals surface area (Å²) in [6.07, 6.45) is 4.62. The number of ether oxygens (including phenoxy) is 2. The molecule has 0 unspecified atom stereocenters. The van der Waals surface area contributed by atoms with Gasteiger partial charge in [-0.2, -0.15) is 0 Å². The Morgan fingerprint density at radius 2 is 1.74 bits per heavy atom. The zero-order valence-electron chi connectivity index (χ0n) is 13.2. The lowest BCUT2D eigenvalue weighted by Gasteiger charge is -2.23. The van der Waals surface area contributed by atoms with E-state index in [0.717, 1.165) is 12.0 Å². The van der Waals surface area contributed by atoms with E-state index in [2.05, 4.69) is 47.4 Å². The highest BCUT2D eigenvalue weighted by Gasteiger charge is 2.33. The second kappa shape index (κ2) is 5.76. The van der Waals surface area contributed by atoms with Gasteiger partial charge in [0.15, 0.2) is 5.79 Å². The number of benzene rings is 2. The lowest BCUT2D eigenvalue weighted by molar-refractivity contribution is -0.149. The molecule has 2 heterocycles. The van der Waals surface area contributed by atoms with Crippen LogP contribution in [0.1, 0.15) is 23.6 Å². The summed E-state index contributed by atoms with van der Waals surface area (Å²) in [5.74, 6) is -0.609. The maximum atomic E-state index is 5.75. The molecule has 3 aromatic rings. The number of nitrogens with zero attached hydrogens (tertiary/aromatic N) is 1. The first-order chi connectivity index (χ1) is 11.2. The zero-order valence-corrected chi connectivity index (χ0v) is 13.2.